The highest BCUT2D eigenvalue weighted by Crippen LogP contribution is 2.55. The van der Waals surface area contributed by atoms with E-state index in [1.54, 1.807) is 11.8 Å². The van der Waals surface area contributed by atoms with E-state index in [-0.39, 0.29) is 4.75 Å². The zero-order chi connectivity index (χ0) is 9.31. The van der Waals surface area contributed by atoms with Gasteiger partial charge in [-0.05, 0) is 24.5 Å². The first-order valence-electron chi connectivity index (χ1n) is 4.42. The van der Waals surface area contributed by atoms with Gasteiger partial charge < -0.3 is 0 Å². The van der Waals surface area contributed by atoms with Gasteiger partial charge in [0.15, 0.2) is 0 Å². The summed E-state index contributed by atoms with van der Waals surface area (Å²) in [7, 11) is 0. The van der Waals surface area contributed by atoms with E-state index in [1.165, 1.54) is 4.90 Å². The maximum atomic E-state index is 9.02. The van der Waals surface area contributed by atoms with Gasteiger partial charge in [-0.1, -0.05) is 25.1 Å². The Morgan fingerprint density at radius 3 is 2.54 bits per heavy atom. The van der Waals surface area contributed by atoms with Crippen molar-refractivity contribution in [3.8, 4) is 6.07 Å². The standard InChI is InChI=1S/C11H11NS/c1-9-7-11(9,8-12)13-10-5-3-2-4-6-10/h2-6,9H,7H2,1H3. The van der Waals surface area contributed by atoms with Gasteiger partial charge in [-0.25, -0.2) is 0 Å². The molecule has 1 aromatic carbocycles. The van der Waals surface area contributed by atoms with Crippen LogP contribution in [-0.4, -0.2) is 4.75 Å². The monoisotopic (exact) mass is 189 g/mol. The molecule has 2 atom stereocenters. The SMILES string of the molecule is CC1CC1(C#N)Sc1ccccc1. The van der Waals surface area contributed by atoms with E-state index in [4.69, 9.17) is 5.26 Å². The average Bonchev–Trinajstić information content (AvgIpc) is 2.79. The van der Waals surface area contributed by atoms with E-state index >= 15 is 0 Å². The van der Waals surface area contributed by atoms with Gasteiger partial charge in [0.1, 0.15) is 4.75 Å². The highest BCUT2D eigenvalue weighted by Gasteiger charge is 2.52. The molecule has 1 aliphatic carbocycles. The van der Waals surface area contributed by atoms with E-state index < -0.39 is 0 Å². The molecule has 0 aliphatic heterocycles. The van der Waals surface area contributed by atoms with Crippen LogP contribution in [0.1, 0.15) is 13.3 Å². The number of nitriles is 1. The van der Waals surface area contributed by atoms with E-state index in [9.17, 15) is 0 Å². The summed E-state index contributed by atoms with van der Waals surface area (Å²) in [6.45, 7) is 2.14. The number of thioether (sulfide) groups is 1. The number of hydrogen-bond donors (Lipinski definition) is 0. The van der Waals surface area contributed by atoms with Crippen LogP contribution in [0.3, 0.4) is 0 Å². The molecule has 0 aromatic heterocycles. The van der Waals surface area contributed by atoms with Crippen LogP contribution in [0.5, 0.6) is 0 Å². The Morgan fingerprint density at radius 1 is 1.46 bits per heavy atom. The second-order valence-corrected chi connectivity index (χ2v) is 4.93. The maximum Gasteiger partial charge on any atom is 0.110 e. The lowest BCUT2D eigenvalue weighted by Crippen LogP contribution is -2.00. The number of benzene rings is 1. The molecule has 0 N–H and O–H groups in total. The molecule has 2 heteroatoms. The predicted octanol–water partition coefficient (Wildman–Crippen LogP) is 3.08. The van der Waals surface area contributed by atoms with Crippen molar-refractivity contribution in [2.24, 2.45) is 5.92 Å². The normalized spacial score (nSPS) is 30.9. The second-order valence-electron chi connectivity index (χ2n) is 3.52. The first-order valence-corrected chi connectivity index (χ1v) is 5.24. The fourth-order valence-corrected chi connectivity index (χ4v) is 2.71. The van der Waals surface area contributed by atoms with Crippen molar-refractivity contribution in [1.29, 1.82) is 5.26 Å². The summed E-state index contributed by atoms with van der Waals surface area (Å²) in [5, 5.41) is 9.02. The van der Waals surface area contributed by atoms with Gasteiger partial charge in [0.25, 0.3) is 0 Å². The van der Waals surface area contributed by atoms with Crippen LogP contribution >= 0.6 is 11.8 Å². The molecule has 0 bridgehead atoms. The minimum absolute atomic E-state index is 0.124. The average molecular weight is 189 g/mol. The zero-order valence-electron chi connectivity index (χ0n) is 7.53. The molecule has 0 radical (unpaired) electrons. The Balaban J connectivity index is 2.12. The lowest BCUT2D eigenvalue weighted by atomic mass is 10.4. The van der Waals surface area contributed by atoms with Crippen LogP contribution in [0.15, 0.2) is 35.2 Å². The van der Waals surface area contributed by atoms with Crippen LogP contribution in [0.25, 0.3) is 0 Å². The highest BCUT2D eigenvalue weighted by molar-refractivity contribution is 8.01. The lowest BCUT2D eigenvalue weighted by Gasteiger charge is -2.05. The van der Waals surface area contributed by atoms with Crippen molar-refractivity contribution in [1.82, 2.24) is 0 Å². The third kappa shape index (κ3) is 1.57. The molecule has 0 heterocycles. The van der Waals surface area contributed by atoms with E-state index in [1.807, 2.05) is 18.2 Å². The van der Waals surface area contributed by atoms with Gasteiger partial charge in [0, 0.05) is 4.90 Å². The molecule has 13 heavy (non-hydrogen) atoms. The van der Waals surface area contributed by atoms with Gasteiger partial charge >= 0.3 is 0 Å². The molecule has 2 unspecified atom stereocenters. The molecule has 1 aromatic rings. The minimum Gasteiger partial charge on any atom is -0.197 e. The molecular formula is C11H11NS. The summed E-state index contributed by atoms with van der Waals surface area (Å²) in [6.07, 6.45) is 1.03. The van der Waals surface area contributed by atoms with Crippen molar-refractivity contribution in [3.63, 3.8) is 0 Å². The van der Waals surface area contributed by atoms with Crippen molar-refractivity contribution >= 4 is 11.8 Å². The van der Waals surface area contributed by atoms with Crippen molar-refractivity contribution in [3.05, 3.63) is 30.3 Å². The Kier molecular flexibility index (Phi) is 2.05. The van der Waals surface area contributed by atoms with Gasteiger partial charge in [0.05, 0.1) is 6.07 Å². The second kappa shape index (κ2) is 3.08. The highest BCUT2D eigenvalue weighted by atomic mass is 32.2. The molecule has 0 amide bonds. The maximum absolute atomic E-state index is 9.02. The molecule has 2 rings (SSSR count). The number of nitrogens with zero attached hydrogens (tertiary/aromatic N) is 1. The van der Waals surface area contributed by atoms with Crippen LogP contribution < -0.4 is 0 Å². The van der Waals surface area contributed by atoms with E-state index in [0.29, 0.717) is 5.92 Å². The van der Waals surface area contributed by atoms with Crippen molar-refractivity contribution in [2.75, 3.05) is 0 Å². The van der Waals surface area contributed by atoms with E-state index in [2.05, 4.69) is 25.1 Å². The topological polar surface area (TPSA) is 23.8 Å². The first kappa shape index (κ1) is 8.65. The lowest BCUT2D eigenvalue weighted by molar-refractivity contribution is 0.936. The first-order chi connectivity index (χ1) is 6.27. The fourth-order valence-electron chi connectivity index (χ4n) is 1.42. The van der Waals surface area contributed by atoms with Crippen LogP contribution in [0.4, 0.5) is 0 Å². The van der Waals surface area contributed by atoms with Crippen molar-refractivity contribution in [2.45, 2.75) is 23.0 Å². The molecule has 66 valence electrons. The number of rotatable bonds is 2. The molecule has 1 saturated carbocycles. The summed E-state index contributed by atoms with van der Waals surface area (Å²) < 4.78 is -0.124. The smallest absolute Gasteiger partial charge is 0.110 e. The predicted molar refractivity (Wildman–Crippen MR) is 54.4 cm³/mol. The van der Waals surface area contributed by atoms with Crippen LogP contribution in [0.2, 0.25) is 0 Å². The summed E-state index contributed by atoms with van der Waals surface area (Å²) in [6, 6.07) is 12.6. The number of hydrogen-bond acceptors (Lipinski definition) is 2. The van der Waals surface area contributed by atoms with Gasteiger partial charge in [-0.3, -0.25) is 0 Å². The quantitative estimate of drug-likeness (QED) is 0.713. The van der Waals surface area contributed by atoms with Crippen LogP contribution in [0, 0.1) is 17.2 Å². The zero-order valence-corrected chi connectivity index (χ0v) is 8.34. The summed E-state index contributed by atoms with van der Waals surface area (Å²) in [5.41, 5.74) is 0. The molecule has 0 saturated heterocycles. The third-order valence-electron chi connectivity index (χ3n) is 2.48. The molecule has 1 fully saturated rings. The fraction of sp³-hybridized carbons (Fsp3) is 0.364. The van der Waals surface area contributed by atoms with Crippen LogP contribution in [-0.2, 0) is 0 Å². The molecule has 1 aliphatic rings. The third-order valence-corrected chi connectivity index (χ3v) is 4.01. The Labute approximate surface area is 82.8 Å². The Morgan fingerprint density at radius 2 is 2.08 bits per heavy atom. The summed E-state index contributed by atoms with van der Waals surface area (Å²) in [5.74, 6) is 0.544. The largest absolute Gasteiger partial charge is 0.197 e. The Hall–Kier alpha value is -0.940. The summed E-state index contributed by atoms with van der Waals surface area (Å²) in [4.78, 5) is 1.20. The molecule has 0 spiro atoms. The molecule has 1 nitrogen and oxygen atoms in total. The summed E-state index contributed by atoms with van der Waals surface area (Å²) >= 11 is 1.70. The Bertz CT molecular complexity index is 341. The van der Waals surface area contributed by atoms with Gasteiger partial charge in [-0.15, -0.1) is 11.8 Å². The van der Waals surface area contributed by atoms with E-state index in [0.717, 1.165) is 6.42 Å². The van der Waals surface area contributed by atoms with Gasteiger partial charge in [-0.2, -0.15) is 5.26 Å². The molecular weight excluding hydrogens is 178 g/mol. The van der Waals surface area contributed by atoms with Gasteiger partial charge in [0.2, 0.25) is 0 Å². The van der Waals surface area contributed by atoms with Crippen molar-refractivity contribution < 1.29 is 0 Å². The minimum atomic E-state index is -0.124.